The van der Waals surface area contributed by atoms with E-state index in [1.165, 1.54) is 12.1 Å². The first-order chi connectivity index (χ1) is 8.03. The molecule has 0 aliphatic rings. The molecule has 0 unspecified atom stereocenters. The molecule has 0 aliphatic heterocycles. The number of carboxylic acid groups (broad SMARTS) is 1. The van der Waals surface area contributed by atoms with Crippen LogP contribution in [-0.2, 0) is 10.0 Å². The van der Waals surface area contributed by atoms with Crippen molar-refractivity contribution in [1.82, 2.24) is 8.96 Å². The van der Waals surface area contributed by atoms with E-state index < -0.39 is 21.7 Å². The van der Waals surface area contributed by atoms with Crippen LogP contribution in [0.2, 0.25) is 0 Å². The minimum absolute atomic E-state index is 0.0144. The lowest BCUT2D eigenvalue weighted by Gasteiger charge is -2.06. The van der Waals surface area contributed by atoms with Gasteiger partial charge in [-0.3, -0.25) is 0 Å². The third-order valence-corrected chi connectivity index (χ3v) is 3.80. The minimum Gasteiger partial charge on any atom is -0.476 e. The van der Waals surface area contributed by atoms with Crippen LogP contribution in [0.3, 0.4) is 0 Å². The third kappa shape index (κ3) is 1.92. The van der Waals surface area contributed by atoms with E-state index in [0.717, 1.165) is 12.5 Å². The van der Waals surface area contributed by atoms with Crippen LogP contribution in [0.4, 0.5) is 0 Å². The predicted molar refractivity (Wildman–Crippen MR) is 58.2 cm³/mol. The minimum atomic E-state index is -3.90. The molecule has 0 aliphatic carbocycles. The van der Waals surface area contributed by atoms with E-state index in [1.54, 1.807) is 18.2 Å². The Hall–Kier alpha value is -2.15. The van der Waals surface area contributed by atoms with Crippen molar-refractivity contribution in [3.05, 3.63) is 48.5 Å². The molecule has 0 saturated carbocycles. The van der Waals surface area contributed by atoms with Gasteiger partial charge in [0.1, 0.15) is 6.33 Å². The summed E-state index contributed by atoms with van der Waals surface area (Å²) in [5.41, 5.74) is -0.395. The quantitative estimate of drug-likeness (QED) is 0.873. The molecule has 0 amide bonds. The first kappa shape index (κ1) is 11.3. The van der Waals surface area contributed by atoms with E-state index in [2.05, 4.69) is 4.98 Å². The van der Waals surface area contributed by atoms with Crippen LogP contribution in [0.1, 0.15) is 10.5 Å². The Labute approximate surface area is 97.2 Å². The summed E-state index contributed by atoms with van der Waals surface area (Å²) in [6, 6.07) is 7.57. The second-order valence-electron chi connectivity index (χ2n) is 3.20. The van der Waals surface area contributed by atoms with Crippen molar-refractivity contribution in [3.63, 3.8) is 0 Å². The van der Waals surface area contributed by atoms with Crippen LogP contribution < -0.4 is 0 Å². The van der Waals surface area contributed by atoms with Gasteiger partial charge in [-0.1, -0.05) is 18.2 Å². The molecule has 0 spiro atoms. The fourth-order valence-corrected chi connectivity index (χ4v) is 2.62. The maximum absolute atomic E-state index is 12.1. The molecule has 0 saturated heterocycles. The Bertz CT molecular complexity index is 646. The third-order valence-electron chi connectivity index (χ3n) is 2.12. The maximum Gasteiger partial charge on any atom is 0.355 e. The summed E-state index contributed by atoms with van der Waals surface area (Å²) >= 11 is 0. The number of aromatic carboxylic acids is 1. The van der Waals surface area contributed by atoms with Crippen LogP contribution in [0, 0.1) is 0 Å². The monoisotopic (exact) mass is 252 g/mol. The largest absolute Gasteiger partial charge is 0.476 e. The molecule has 1 aromatic heterocycles. The molecule has 1 N–H and O–H groups in total. The lowest BCUT2D eigenvalue weighted by atomic mass is 10.4. The van der Waals surface area contributed by atoms with Crippen molar-refractivity contribution >= 4 is 16.0 Å². The molecule has 7 heteroatoms. The van der Waals surface area contributed by atoms with Crippen LogP contribution in [-0.4, -0.2) is 28.5 Å². The predicted octanol–water partition coefficient (Wildman–Crippen LogP) is 0.818. The average Bonchev–Trinajstić information content (AvgIpc) is 2.80. The molecule has 0 bridgehead atoms. The molecule has 2 rings (SSSR count). The SMILES string of the molecule is O=C(O)c1cncn1S(=O)(=O)c1ccccc1. The fourth-order valence-electron chi connectivity index (χ4n) is 1.33. The van der Waals surface area contributed by atoms with Gasteiger partial charge in [-0.25, -0.2) is 22.2 Å². The van der Waals surface area contributed by atoms with Gasteiger partial charge in [0, 0.05) is 0 Å². The lowest BCUT2D eigenvalue weighted by Crippen LogP contribution is -2.17. The van der Waals surface area contributed by atoms with Gasteiger partial charge in [-0.05, 0) is 12.1 Å². The van der Waals surface area contributed by atoms with E-state index in [1.807, 2.05) is 0 Å². The molecule has 1 aromatic carbocycles. The maximum atomic E-state index is 12.1. The van der Waals surface area contributed by atoms with Crippen molar-refractivity contribution in [3.8, 4) is 0 Å². The van der Waals surface area contributed by atoms with Crippen molar-refractivity contribution in [2.75, 3.05) is 0 Å². The van der Waals surface area contributed by atoms with Crippen molar-refractivity contribution in [2.45, 2.75) is 4.90 Å². The Kier molecular flexibility index (Phi) is 2.68. The highest BCUT2D eigenvalue weighted by Gasteiger charge is 2.22. The van der Waals surface area contributed by atoms with Gasteiger partial charge in [-0.2, -0.15) is 0 Å². The standard InChI is InChI=1S/C10H8N2O4S/c13-10(14)9-6-11-7-12(9)17(15,16)8-4-2-1-3-5-8/h1-7H,(H,13,14). The first-order valence-corrected chi connectivity index (χ1v) is 6.04. The van der Waals surface area contributed by atoms with Crippen molar-refractivity contribution in [1.29, 1.82) is 0 Å². The van der Waals surface area contributed by atoms with Crippen LogP contribution in [0.15, 0.2) is 47.8 Å². The second kappa shape index (κ2) is 4.02. The average molecular weight is 252 g/mol. The van der Waals surface area contributed by atoms with E-state index in [4.69, 9.17) is 5.11 Å². The zero-order valence-corrected chi connectivity index (χ0v) is 9.33. The number of carbonyl (C=O) groups is 1. The van der Waals surface area contributed by atoms with Crippen LogP contribution in [0.25, 0.3) is 0 Å². The molecule has 6 nitrogen and oxygen atoms in total. The van der Waals surface area contributed by atoms with Crippen molar-refractivity contribution < 1.29 is 18.3 Å². The molecule has 2 aromatic rings. The van der Waals surface area contributed by atoms with Crippen LogP contribution in [0.5, 0.6) is 0 Å². The molecule has 17 heavy (non-hydrogen) atoms. The number of nitrogens with zero attached hydrogens (tertiary/aromatic N) is 2. The number of aromatic nitrogens is 2. The second-order valence-corrected chi connectivity index (χ2v) is 5.01. The molecule has 88 valence electrons. The summed E-state index contributed by atoms with van der Waals surface area (Å²) < 4.78 is 24.8. The summed E-state index contributed by atoms with van der Waals surface area (Å²) in [6.07, 6.45) is 1.95. The fraction of sp³-hybridized carbons (Fsp3) is 0. The van der Waals surface area contributed by atoms with Gasteiger partial charge < -0.3 is 5.11 Å². The molecule has 0 atom stereocenters. The normalized spacial score (nSPS) is 11.3. The van der Waals surface area contributed by atoms with E-state index >= 15 is 0 Å². The summed E-state index contributed by atoms with van der Waals surface area (Å²) in [6.45, 7) is 0. The zero-order valence-electron chi connectivity index (χ0n) is 8.52. The van der Waals surface area contributed by atoms with Gasteiger partial charge in [-0.15, -0.1) is 0 Å². The highest BCUT2D eigenvalue weighted by Crippen LogP contribution is 2.14. The smallest absolute Gasteiger partial charge is 0.355 e. The Balaban J connectivity index is 2.61. The number of carboxylic acids is 1. The Morgan fingerprint density at radius 1 is 1.24 bits per heavy atom. The zero-order chi connectivity index (χ0) is 12.5. The summed E-state index contributed by atoms with van der Waals surface area (Å²) in [4.78, 5) is 14.4. The number of rotatable bonds is 3. The van der Waals surface area contributed by atoms with Gasteiger partial charge in [0.05, 0.1) is 11.1 Å². The number of hydrogen-bond donors (Lipinski definition) is 1. The highest BCUT2D eigenvalue weighted by atomic mass is 32.2. The van der Waals surface area contributed by atoms with Gasteiger partial charge in [0.2, 0.25) is 0 Å². The highest BCUT2D eigenvalue weighted by molar-refractivity contribution is 7.90. The Morgan fingerprint density at radius 3 is 2.47 bits per heavy atom. The van der Waals surface area contributed by atoms with Gasteiger partial charge in [0.25, 0.3) is 10.0 Å². The molecular weight excluding hydrogens is 244 g/mol. The molecular formula is C10H8N2O4S. The summed E-state index contributed by atoms with van der Waals surface area (Å²) in [5.74, 6) is -1.35. The Morgan fingerprint density at radius 2 is 1.88 bits per heavy atom. The van der Waals surface area contributed by atoms with Crippen molar-refractivity contribution in [2.24, 2.45) is 0 Å². The summed E-state index contributed by atoms with van der Waals surface area (Å²) in [5, 5.41) is 8.84. The van der Waals surface area contributed by atoms with Gasteiger partial charge >= 0.3 is 5.97 Å². The molecule has 1 heterocycles. The lowest BCUT2D eigenvalue weighted by molar-refractivity contribution is 0.0689. The van der Waals surface area contributed by atoms with Crippen LogP contribution >= 0.6 is 0 Å². The first-order valence-electron chi connectivity index (χ1n) is 4.60. The van der Waals surface area contributed by atoms with E-state index in [9.17, 15) is 13.2 Å². The topological polar surface area (TPSA) is 89.3 Å². The summed E-state index contributed by atoms with van der Waals surface area (Å²) in [7, 11) is -3.90. The number of benzene rings is 1. The molecule has 0 radical (unpaired) electrons. The number of hydrogen-bond acceptors (Lipinski definition) is 4. The van der Waals surface area contributed by atoms with E-state index in [0.29, 0.717) is 3.97 Å². The van der Waals surface area contributed by atoms with E-state index in [-0.39, 0.29) is 4.90 Å². The number of imidazole rings is 1. The van der Waals surface area contributed by atoms with Gasteiger partial charge in [0.15, 0.2) is 5.69 Å². The molecule has 0 fully saturated rings.